The van der Waals surface area contributed by atoms with Gasteiger partial charge in [0, 0.05) is 51.1 Å². The summed E-state index contributed by atoms with van der Waals surface area (Å²) in [4.78, 5) is 13.1. The van der Waals surface area contributed by atoms with E-state index in [1.54, 1.807) is 12.1 Å². The highest BCUT2D eigenvalue weighted by Gasteiger charge is 2.28. The zero-order valence-corrected chi connectivity index (χ0v) is 18.7. The van der Waals surface area contributed by atoms with Crippen LogP contribution in [0.4, 0.5) is 17.1 Å². The number of anilines is 2. The van der Waals surface area contributed by atoms with Crippen molar-refractivity contribution in [3.63, 3.8) is 0 Å². The Morgan fingerprint density at radius 2 is 1.84 bits per heavy atom. The van der Waals surface area contributed by atoms with Gasteiger partial charge in [-0.2, -0.15) is 4.31 Å². The first-order valence-electron chi connectivity index (χ1n) is 10.8. The number of sulfonamides is 1. The summed E-state index contributed by atoms with van der Waals surface area (Å²) in [5, 5.41) is 14.6. The molecule has 0 aliphatic carbocycles. The van der Waals surface area contributed by atoms with Crippen LogP contribution >= 0.6 is 0 Å². The molecular weight excluding hydrogens is 432 g/mol. The van der Waals surface area contributed by atoms with Gasteiger partial charge in [0.15, 0.2) is 0 Å². The van der Waals surface area contributed by atoms with Gasteiger partial charge >= 0.3 is 0 Å². The van der Waals surface area contributed by atoms with Gasteiger partial charge in [-0.1, -0.05) is 30.3 Å². The molecule has 2 saturated heterocycles. The number of ether oxygens (including phenoxy) is 1. The highest BCUT2D eigenvalue weighted by Crippen LogP contribution is 2.31. The molecule has 10 heteroatoms. The molecule has 0 aromatic heterocycles. The van der Waals surface area contributed by atoms with Crippen molar-refractivity contribution in [1.29, 1.82) is 0 Å². The summed E-state index contributed by atoms with van der Waals surface area (Å²) < 4.78 is 32.7. The van der Waals surface area contributed by atoms with Gasteiger partial charge in [0.25, 0.3) is 5.69 Å². The van der Waals surface area contributed by atoms with Gasteiger partial charge in [0.05, 0.1) is 16.8 Å². The Morgan fingerprint density at radius 3 is 2.50 bits per heavy atom. The van der Waals surface area contributed by atoms with Crippen LogP contribution in [0.5, 0.6) is 0 Å². The molecule has 2 fully saturated rings. The highest BCUT2D eigenvalue weighted by atomic mass is 32.2. The lowest BCUT2D eigenvalue weighted by Crippen LogP contribution is -2.49. The number of benzene rings is 2. The number of rotatable bonds is 8. The summed E-state index contributed by atoms with van der Waals surface area (Å²) in [7, 11) is -3.40. The second-order valence-electron chi connectivity index (χ2n) is 8.10. The Bertz CT molecular complexity index is 1030. The van der Waals surface area contributed by atoms with Crippen LogP contribution in [0.15, 0.2) is 48.5 Å². The molecule has 0 bridgehead atoms. The molecule has 2 aromatic rings. The minimum Gasteiger partial charge on any atom is -0.377 e. The third kappa shape index (κ3) is 5.37. The molecule has 1 unspecified atom stereocenters. The maximum Gasteiger partial charge on any atom is 0.292 e. The fourth-order valence-corrected chi connectivity index (χ4v) is 5.67. The second-order valence-corrected chi connectivity index (χ2v) is 10.1. The second kappa shape index (κ2) is 9.85. The molecule has 0 radical (unpaired) electrons. The minimum atomic E-state index is -3.40. The third-order valence-corrected chi connectivity index (χ3v) is 7.76. The SMILES string of the molecule is O=[N+]([O-])c1ccc(N2CCN(S(=O)(=O)Cc3ccccc3)CC2)cc1NCC1CCCO1. The Labute approximate surface area is 188 Å². The number of hydrogen-bond donors (Lipinski definition) is 1. The standard InChI is InChI=1S/C22H28N4O5S/c27-26(28)22-9-8-19(15-21(22)23-16-20-7-4-14-31-20)24-10-12-25(13-11-24)32(29,30)17-18-5-2-1-3-6-18/h1-3,5-6,8-9,15,20,23H,4,7,10-14,16-17H2. The van der Waals surface area contributed by atoms with E-state index < -0.39 is 14.9 Å². The zero-order valence-electron chi connectivity index (χ0n) is 17.9. The number of nitrogens with zero attached hydrogens (tertiary/aromatic N) is 3. The minimum absolute atomic E-state index is 0.0112. The van der Waals surface area contributed by atoms with Gasteiger partial charge < -0.3 is 15.0 Å². The van der Waals surface area contributed by atoms with Crippen LogP contribution in [0.1, 0.15) is 18.4 Å². The molecule has 2 aliphatic rings. The summed E-state index contributed by atoms with van der Waals surface area (Å²) in [6.07, 6.45) is 2.02. The molecule has 2 aliphatic heterocycles. The first-order valence-corrected chi connectivity index (χ1v) is 12.4. The van der Waals surface area contributed by atoms with Crippen molar-refractivity contribution in [2.45, 2.75) is 24.7 Å². The summed E-state index contributed by atoms with van der Waals surface area (Å²) in [5.41, 5.74) is 2.09. The van der Waals surface area contributed by atoms with E-state index in [1.165, 1.54) is 10.4 Å². The average molecular weight is 461 g/mol. The van der Waals surface area contributed by atoms with Gasteiger partial charge in [-0.05, 0) is 30.5 Å². The summed E-state index contributed by atoms with van der Waals surface area (Å²) in [6, 6.07) is 14.2. The average Bonchev–Trinajstić information content (AvgIpc) is 3.32. The third-order valence-electron chi connectivity index (χ3n) is 5.91. The van der Waals surface area contributed by atoms with Crippen LogP contribution in [0.2, 0.25) is 0 Å². The molecule has 4 rings (SSSR count). The molecule has 1 N–H and O–H groups in total. The van der Waals surface area contributed by atoms with E-state index in [0.29, 0.717) is 38.4 Å². The van der Waals surface area contributed by atoms with Crippen molar-refractivity contribution >= 4 is 27.1 Å². The molecular formula is C22H28N4O5S. The molecule has 1 atom stereocenters. The van der Waals surface area contributed by atoms with Gasteiger partial charge in [0.1, 0.15) is 5.69 Å². The van der Waals surface area contributed by atoms with Crippen molar-refractivity contribution in [3.05, 3.63) is 64.2 Å². The van der Waals surface area contributed by atoms with Gasteiger partial charge in [-0.15, -0.1) is 0 Å². The van der Waals surface area contributed by atoms with E-state index in [-0.39, 0.29) is 17.5 Å². The molecule has 0 spiro atoms. The molecule has 0 saturated carbocycles. The maximum absolute atomic E-state index is 12.8. The fraction of sp³-hybridized carbons (Fsp3) is 0.455. The van der Waals surface area contributed by atoms with E-state index in [2.05, 4.69) is 10.2 Å². The molecule has 32 heavy (non-hydrogen) atoms. The monoisotopic (exact) mass is 460 g/mol. The van der Waals surface area contributed by atoms with E-state index >= 15 is 0 Å². The first-order chi connectivity index (χ1) is 15.4. The van der Waals surface area contributed by atoms with Crippen LogP contribution in [0.25, 0.3) is 0 Å². The summed E-state index contributed by atoms with van der Waals surface area (Å²) in [5.74, 6) is -0.0112. The van der Waals surface area contributed by atoms with Crippen molar-refractivity contribution < 1.29 is 18.1 Å². The lowest BCUT2D eigenvalue weighted by atomic mass is 10.2. The summed E-state index contributed by atoms with van der Waals surface area (Å²) >= 11 is 0. The quantitative estimate of drug-likeness (QED) is 0.477. The van der Waals surface area contributed by atoms with Gasteiger partial charge in [-0.25, -0.2) is 8.42 Å². The van der Waals surface area contributed by atoms with Crippen molar-refractivity contribution in [2.75, 3.05) is 49.5 Å². The Hall–Kier alpha value is -2.69. The van der Waals surface area contributed by atoms with Crippen LogP contribution in [0, 0.1) is 10.1 Å². The number of nitrogens with one attached hydrogen (secondary N) is 1. The van der Waals surface area contributed by atoms with Crippen molar-refractivity contribution in [1.82, 2.24) is 4.31 Å². The summed E-state index contributed by atoms with van der Waals surface area (Å²) in [6.45, 7) is 3.06. The molecule has 172 valence electrons. The van der Waals surface area contributed by atoms with Gasteiger partial charge in [-0.3, -0.25) is 10.1 Å². The van der Waals surface area contributed by atoms with Crippen molar-refractivity contribution in [3.8, 4) is 0 Å². The maximum atomic E-state index is 12.8. The van der Waals surface area contributed by atoms with E-state index in [1.807, 2.05) is 30.3 Å². The number of piperazine rings is 1. The molecule has 0 amide bonds. The predicted octanol–water partition coefficient (Wildman–Crippen LogP) is 2.84. The number of nitro groups is 1. The van der Waals surface area contributed by atoms with E-state index in [9.17, 15) is 18.5 Å². The number of hydrogen-bond acceptors (Lipinski definition) is 7. The number of nitro benzene ring substituents is 1. The zero-order chi connectivity index (χ0) is 22.6. The largest absolute Gasteiger partial charge is 0.377 e. The predicted molar refractivity (Wildman–Crippen MR) is 123 cm³/mol. The lowest BCUT2D eigenvalue weighted by molar-refractivity contribution is -0.383. The smallest absolute Gasteiger partial charge is 0.292 e. The van der Waals surface area contributed by atoms with Crippen LogP contribution in [-0.4, -0.2) is 63.1 Å². The van der Waals surface area contributed by atoms with E-state index in [0.717, 1.165) is 30.7 Å². The van der Waals surface area contributed by atoms with E-state index in [4.69, 9.17) is 4.74 Å². The first kappa shape index (κ1) is 22.5. The van der Waals surface area contributed by atoms with Crippen LogP contribution < -0.4 is 10.2 Å². The lowest BCUT2D eigenvalue weighted by Gasteiger charge is -2.35. The highest BCUT2D eigenvalue weighted by molar-refractivity contribution is 7.88. The van der Waals surface area contributed by atoms with Crippen LogP contribution in [0.3, 0.4) is 0 Å². The molecule has 2 aromatic carbocycles. The molecule has 2 heterocycles. The fourth-order valence-electron chi connectivity index (χ4n) is 4.15. The van der Waals surface area contributed by atoms with Crippen molar-refractivity contribution in [2.24, 2.45) is 0 Å². The topological polar surface area (TPSA) is 105 Å². The Kier molecular flexibility index (Phi) is 6.92. The Balaban J connectivity index is 1.41. The molecule has 9 nitrogen and oxygen atoms in total. The van der Waals surface area contributed by atoms with Crippen LogP contribution in [-0.2, 0) is 20.5 Å². The Morgan fingerprint density at radius 1 is 1.09 bits per heavy atom. The normalized spacial score (nSPS) is 19.8. The van der Waals surface area contributed by atoms with Gasteiger partial charge in [0.2, 0.25) is 10.0 Å².